The van der Waals surface area contributed by atoms with Crippen molar-refractivity contribution in [2.45, 2.75) is 32.6 Å². The van der Waals surface area contributed by atoms with Crippen LogP contribution < -0.4 is 0 Å². The monoisotopic (exact) mass is 241 g/mol. The van der Waals surface area contributed by atoms with Gasteiger partial charge in [0.15, 0.2) is 0 Å². The molecular formula is C13H23NO3. The van der Waals surface area contributed by atoms with Crippen molar-refractivity contribution in [3.63, 3.8) is 0 Å². The highest BCUT2D eigenvalue weighted by molar-refractivity contribution is 5.66. The van der Waals surface area contributed by atoms with Gasteiger partial charge in [-0.3, -0.25) is 4.79 Å². The SMILES string of the molecule is CC(CCC(=O)O)CN1CC2(CCOCC2)C1. The van der Waals surface area contributed by atoms with Crippen LogP contribution in [0.4, 0.5) is 0 Å². The Kier molecular flexibility index (Phi) is 4.05. The van der Waals surface area contributed by atoms with Crippen molar-refractivity contribution in [3.8, 4) is 0 Å². The number of carboxylic acid groups (broad SMARTS) is 1. The first kappa shape index (κ1) is 12.8. The van der Waals surface area contributed by atoms with E-state index < -0.39 is 5.97 Å². The molecule has 2 rings (SSSR count). The van der Waals surface area contributed by atoms with Gasteiger partial charge in [0.2, 0.25) is 0 Å². The smallest absolute Gasteiger partial charge is 0.303 e. The second-order valence-electron chi connectivity index (χ2n) is 5.82. The number of hydrogen-bond acceptors (Lipinski definition) is 3. The van der Waals surface area contributed by atoms with Crippen LogP contribution in [0.25, 0.3) is 0 Å². The molecule has 0 saturated carbocycles. The van der Waals surface area contributed by atoms with E-state index in [9.17, 15) is 4.79 Å². The summed E-state index contributed by atoms with van der Waals surface area (Å²) >= 11 is 0. The Bertz CT molecular complexity index is 266. The molecule has 2 fully saturated rings. The number of ether oxygens (including phenoxy) is 1. The molecule has 2 heterocycles. The third kappa shape index (κ3) is 3.42. The molecule has 0 bridgehead atoms. The van der Waals surface area contributed by atoms with E-state index >= 15 is 0 Å². The second kappa shape index (κ2) is 5.36. The van der Waals surface area contributed by atoms with E-state index in [-0.39, 0.29) is 0 Å². The Balaban J connectivity index is 1.64. The van der Waals surface area contributed by atoms with Gasteiger partial charge >= 0.3 is 5.97 Å². The van der Waals surface area contributed by atoms with Crippen LogP contribution >= 0.6 is 0 Å². The lowest BCUT2D eigenvalue weighted by molar-refractivity contribution is -0.137. The highest BCUT2D eigenvalue weighted by Gasteiger charge is 2.43. The third-order valence-electron chi connectivity index (χ3n) is 4.09. The van der Waals surface area contributed by atoms with Crippen LogP contribution in [0.5, 0.6) is 0 Å². The zero-order valence-corrected chi connectivity index (χ0v) is 10.7. The van der Waals surface area contributed by atoms with E-state index in [2.05, 4.69) is 11.8 Å². The molecule has 1 atom stereocenters. The maximum Gasteiger partial charge on any atom is 0.303 e. The summed E-state index contributed by atoms with van der Waals surface area (Å²) in [6.45, 7) is 7.42. The van der Waals surface area contributed by atoms with Gasteiger partial charge in [-0.05, 0) is 25.2 Å². The van der Waals surface area contributed by atoms with Gasteiger partial charge in [-0.15, -0.1) is 0 Å². The van der Waals surface area contributed by atoms with Crippen molar-refractivity contribution in [1.29, 1.82) is 0 Å². The van der Waals surface area contributed by atoms with E-state index in [0.29, 0.717) is 17.8 Å². The van der Waals surface area contributed by atoms with Gasteiger partial charge < -0.3 is 14.7 Å². The zero-order valence-electron chi connectivity index (χ0n) is 10.7. The first-order valence-corrected chi connectivity index (χ1v) is 6.62. The lowest BCUT2D eigenvalue weighted by atomic mass is 9.73. The molecule has 98 valence electrons. The minimum absolute atomic E-state index is 0.300. The molecular weight excluding hydrogens is 218 g/mol. The number of rotatable bonds is 5. The van der Waals surface area contributed by atoms with Crippen LogP contribution in [0.1, 0.15) is 32.6 Å². The van der Waals surface area contributed by atoms with Gasteiger partial charge in [0.25, 0.3) is 0 Å². The first-order valence-electron chi connectivity index (χ1n) is 6.62. The second-order valence-corrected chi connectivity index (χ2v) is 5.82. The molecule has 0 radical (unpaired) electrons. The van der Waals surface area contributed by atoms with Crippen molar-refractivity contribution >= 4 is 5.97 Å². The Morgan fingerprint density at radius 1 is 1.41 bits per heavy atom. The number of carbonyl (C=O) groups is 1. The average Bonchev–Trinajstić information content (AvgIpc) is 2.26. The largest absolute Gasteiger partial charge is 0.481 e. The number of carboxylic acids is 1. The van der Waals surface area contributed by atoms with Gasteiger partial charge in [-0.2, -0.15) is 0 Å². The van der Waals surface area contributed by atoms with Gasteiger partial charge in [0, 0.05) is 44.7 Å². The molecule has 0 aromatic carbocycles. The zero-order chi connectivity index (χ0) is 12.3. The Morgan fingerprint density at radius 3 is 2.65 bits per heavy atom. The summed E-state index contributed by atoms with van der Waals surface area (Å²) in [6, 6.07) is 0. The lowest BCUT2D eigenvalue weighted by Gasteiger charge is -2.53. The van der Waals surface area contributed by atoms with Crippen LogP contribution in [0.15, 0.2) is 0 Å². The summed E-state index contributed by atoms with van der Waals surface area (Å²) < 4.78 is 5.40. The molecule has 1 spiro atoms. The molecule has 0 aliphatic carbocycles. The third-order valence-corrected chi connectivity index (χ3v) is 4.09. The lowest BCUT2D eigenvalue weighted by Crippen LogP contribution is -2.59. The summed E-state index contributed by atoms with van der Waals surface area (Å²) in [7, 11) is 0. The molecule has 0 aromatic heterocycles. The maximum absolute atomic E-state index is 10.5. The highest BCUT2D eigenvalue weighted by atomic mass is 16.5. The van der Waals surface area contributed by atoms with Gasteiger partial charge in [-0.1, -0.05) is 6.92 Å². The number of nitrogens with zero attached hydrogens (tertiary/aromatic N) is 1. The van der Waals surface area contributed by atoms with Crippen molar-refractivity contribution in [2.75, 3.05) is 32.8 Å². The quantitative estimate of drug-likeness (QED) is 0.794. The molecule has 4 nitrogen and oxygen atoms in total. The molecule has 0 aromatic rings. The van der Waals surface area contributed by atoms with Crippen LogP contribution in [0.2, 0.25) is 0 Å². The van der Waals surface area contributed by atoms with Crippen molar-refractivity contribution < 1.29 is 14.6 Å². The highest BCUT2D eigenvalue weighted by Crippen LogP contribution is 2.40. The molecule has 17 heavy (non-hydrogen) atoms. The van der Waals surface area contributed by atoms with E-state index in [1.165, 1.54) is 25.9 Å². The van der Waals surface area contributed by atoms with E-state index in [1.807, 2.05) is 0 Å². The van der Waals surface area contributed by atoms with Crippen molar-refractivity contribution in [1.82, 2.24) is 4.90 Å². The summed E-state index contributed by atoms with van der Waals surface area (Å²) in [5.74, 6) is -0.190. The molecule has 2 aliphatic rings. The predicted octanol–water partition coefficient (Wildman–Crippen LogP) is 1.60. The summed E-state index contributed by atoms with van der Waals surface area (Å²) in [5.41, 5.74) is 0.533. The predicted molar refractivity (Wildman–Crippen MR) is 65.0 cm³/mol. The van der Waals surface area contributed by atoms with Crippen molar-refractivity contribution in [2.24, 2.45) is 11.3 Å². The Morgan fingerprint density at radius 2 is 2.06 bits per heavy atom. The molecule has 2 saturated heterocycles. The van der Waals surface area contributed by atoms with Gasteiger partial charge in [0.05, 0.1) is 0 Å². The van der Waals surface area contributed by atoms with E-state index in [4.69, 9.17) is 9.84 Å². The fourth-order valence-corrected chi connectivity index (χ4v) is 3.05. The van der Waals surface area contributed by atoms with Crippen molar-refractivity contribution in [3.05, 3.63) is 0 Å². The van der Waals surface area contributed by atoms with E-state index in [0.717, 1.165) is 26.2 Å². The molecule has 1 N–H and O–H groups in total. The molecule has 1 unspecified atom stereocenters. The first-order chi connectivity index (χ1) is 8.10. The number of hydrogen-bond donors (Lipinski definition) is 1. The minimum Gasteiger partial charge on any atom is -0.481 e. The Hall–Kier alpha value is -0.610. The standard InChI is InChI=1S/C13H23NO3/c1-11(2-3-12(15)16)8-14-9-13(10-14)4-6-17-7-5-13/h11H,2-10H2,1H3,(H,15,16). The number of likely N-dealkylation sites (tertiary alicyclic amines) is 1. The van der Waals surface area contributed by atoms with Crippen LogP contribution in [-0.2, 0) is 9.53 Å². The molecule has 4 heteroatoms. The normalized spacial score (nSPS) is 25.5. The molecule has 0 amide bonds. The van der Waals surface area contributed by atoms with Crippen LogP contribution in [0, 0.1) is 11.3 Å². The fraction of sp³-hybridized carbons (Fsp3) is 0.923. The number of aliphatic carboxylic acids is 1. The fourth-order valence-electron chi connectivity index (χ4n) is 3.05. The topological polar surface area (TPSA) is 49.8 Å². The average molecular weight is 241 g/mol. The Labute approximate surface area is 103 Å². The van der Waals surface area contributed by atoms with Crippen LogP contribution in [-0.4, -0.2) is 48.8 Å². The molecule has 2 aliphatic heterocycles. The summed E-state index contributed by atoms with van der Waals surface area (Å²) in [6.07, 6.45) is 3.50. The minimum atomic E-state index is -0.679. The van der Waals surface area contributed by atoms with Crippen LogP contribution in [0.3, 0.4) is 0 Å². The summed E-state index contributed by atoms with van der Waals surface area (Å²) in [5, 5.41) is 8.64. The van der Waals surface area contributed by atoms with E-state index in [1.54, 1.807) is 0 Å². The van der Waals surface area contributed by atoms with Gasteiger partial charge in [-0.25, -0.2) is 0 Å². The maximum atomic E-state index is 10.5. The summed E-state index contributed by atoms with van der Waals surface area (Å²) in [4.78, 5) is 13.0. The van der Waals surface area contributed by atoms with Gasteiger partial charge in [0.1, 0.15) is 0 Å².